The van der Waals surface area contributed by atoms with Crippen LogP contribution >= 0.6 is 15.9 Å². The zero-order valence-electron chi connectivity index (χ0n) is 22.1. The normalized spacial score (nSPS) is 14.8. The summed E-state index contributed by atoms with van der Waals surface area (Å²) in [6.45, 7) is 1.79. The zero-order valence-corrected chi connectivity index (χ0v) is 23.7. The Morgan fingerprint density at radius 1 is 1.00 bits per heavy atom. The molecule has 0 aliphatic carbocycles. The third-order valence-corrected chi connectivity index (χ3v) is 7.36. The first kappa shape index (κ1) is 26.5. The number of methoxy groups -OCH3 is 3. The Kier molecular flexibility index (Phi) is 7.43. The number of pyridine rings is 1. The van der Waals surface area contributed by atoms with Gasteiger partial charge in [0.15, 0.2) is 11.5 Å². The standard InChI is InChI=1S/C30H28BrN3O5/c1-5-26(35)34-23(18-13-24(37-2)29(39-4)25(14-18)38-3)16-22(33-34)28-27(17-9-7-6-8-10-17)20-15-19(31)11-12-21(20)32-30(28)36/h6-15,23H,5,16H2,1-4H3,(H,32,36). The predicted octanol–water partition coefficient (Wildman–Crippen LogP) is 6.07. The van der Waals surface area contributed by atoms with Crippen LogP contribution in [0.25, 0.3) is 22.0 Å². The molecule has 1 unspecified atom stereocenters. The maximum Gasteiger partial charge on any atom is 0.258 e. The Bertz CT molecular complexity index is 1620. The largest absolute Gasteiger partial charge is 0.493 e. The van der Waals surface area contributed by atoms with Gasteiger partial charge in [-0.25, -0.2) is 5.01 Å². The molecule has 8 nitrogen and oxygen atoms in total. The Morgan fingerprint density at radius 2 is 1.69 bits per heavy atom. The van der Waals surface area contributed by atoms with E-state index in [2.05, 4.69) is 20.9 Å². The number of benzene rings is 3. The van der Waals surface area contributed by atoms with E-state index in [-0.39, 0.29) is 17.9 Å². The zero-order chi connectivity index (χ0) is 27.7. The summed E-state index contributed by atoms with van der Waals surface area (Å²) in [5.74, 6) is 1.24. The van der Waals surface area contributed by atoms with Gasteiger partial charge in [-0.15, -0.1) is 0 Å². The van der Waals surface area contributed by atoms with Crippen LogP contribution in [0.15, 0.2) is 75.0 Å². The van der Waals surface area contributed by atoms with Gasteiger partial charge in [-0.05, 0) is 41.5 Å². The Labute approximate surface area is 234 Å². The molecule has 0 fully saturated rings. The summed E-state index contributed by atoms with van der Waals surface area (Å²) in [6.07, 6.45) is 0.580. The number of H-pyrrole nitrogens is 1. The van der Waals surface area contributed by atoms with Crippen LogP contribution in [0.3, 0.4) is 0 Å². The van der Waals surface area contributed by atoms with E-state index in [1.54, 1.807) is 28.3 Å². The van der Waals surface area contributed by atoms with Gasteiger partial charge in [-0.3, -0.25) is 9.59 Å². The number of carbonyl (C=O) groups excluding carboxylic acids is 1. The van der Waals surface area contributed by atoms with E-state index in [1.165, 1.54) is 5.01 Å². The number of aromatic nitrogens is 1. The Morgan fingerprint density at radius 3 is 2.31 bits per heavy atom. The quantitative estimate of drug-likeness (QED) is 0.282. The van der Waals surface area contributed by atoms with Gasteiger partial charge in [0.25, 0.3) is 5.56 Å². The van der Waals surface area contributed by atoms with Crippen molar-refractivity contribution < 1.29 is 19.0 Å². The van der Waals surface area contributed by atoms with Gasteiger partial charge in [-0.1, -0.05) is 53.2 Å². The van der Waals surface area contributed by atoms with E-state index in [1.807, 2.05) is 60.7 Å². The van der Waals surface area contributed by atoms with E-state index in [9.17, 15) is 9.59 Å². The number of nitrogens with zero attached hydrogens (tertiary/aromatic N) is 2. The topological polar surface area (TPSA) is 93.2 Å². The minimum absolute atomic E-state index is 0.162. The molecule has 9 heteroatoms. The van der Waals surface area contributed by atoms with Crippen molar-refractivity contribution in [2.75, 3.05) is 21.3 Å². The lowest BCUT2D eigenvalue weighted by molar-refractivity contribution is -0.132. The van der Waals surface area contributed by atoms with Crippen molar-refractivity contribution in [3.05, 3.63) is 86.6 Å². The summed E-state index contributed by atoms with van der Waals surface area (Å²) in [7, 11) is 4.64. The number of hydrazone groups is 1. The maximum absolute atomic E-state index is 13.7. The molecule has 5 rings (SSSR count). The first-order valence-corrected chi connectivity index (χ1v) is 13.3. The van der Waals surface area contributed by atoms with Crippen LogP contribution in [0.2, 0.25) is 0 Å². The fraction of sp³-hybridized carbons (Fsp3) is 0.233. The number of hydrogen-bond donors (Lipinski definition) is 1. The predicted molar refractivity (Wildman–Crippen MR) is 155 cm³/mol. The number of fused-ring (bicyclic) bond motifs is 1. The van der Waals surface area contributed by atoms with Crippen molar-refractivity contribution in [2.24, 2.45) is 5.10 Å². The maximum atomic E-state index is 13.7. The monoisotopic (exact) mass is 589 g/mol. The molecule has 0 spiro atoms. The molecule has 1 amide bonds. The lowest BCUT2D eigenvalue weighted by Gasteiger charge is -2.23. The van der Waals surface area contributed by atoms with Crippen LogP contribution in [-0.2, 0) is 4.79 Å². The number of carbonyl (C=O) groups is 1. The van der Waals surface area contributed by atoms with Crippen molar-refractivity contribution in [3.63, 3.8) is 0 Å². The molecule has 39 heavy (non-hydrogen) atoms. The molecule has 1 atom stereocenters. The molecule has 1 aliphatic heterocycles. The lowest BCUT2D eigenvalue weighted by Crippen LogP contribution is -2.26. The second-order valence-electron chi connectivity index (χ2n) is 9.08. The van der Waals surface area contributed by atoms with Gasteiger partial charge in [0.2, 0.25) is 11.7 Å². The van der Waals surface area contributed by atoms with Crippen molar-refractivity contribution in [3.8, 4) is 28.4 Å². The highest BCUT2D eigenvalue weighted by molar-refractivity contribution is 9.10. The third-order valence-electron chi connectivity index (χ3n) is 6.87. The fourth-order valence-electron chi connectivity index (χ4n) is 5.05. The average molecular weight is 590 g/mol. The first-order chi connectivity index (χ1) is 18.9. The van der Waals surface area contributed by atoms with Crippen LogP contribution < -0.4 is 19.8 Å². The van der Waals surface area contributed by atoms with Crippen molar-refractivity contribution in [1.82, 2.24) is 9.99 Å². The van der Waals surface area contributed by atoms with Gasteiger partial charge in [0, 0.05) is 33.8 Å². The number of hydrogen-bond acceptors (Lipinski definition) is 6. The van der Waals surface area contributed by atoms with E-state index < -0.39 is 6.04 Å². The summed E-state index contributed by atoms with van der Waals surface area (Å²) in [6, 6.07) is 18.7. The van der Waals surface area contributed by atoms with Gasteiger partial charge in [-0.2, -0.15) is 5.10 Å². The number of halogens is 1. The number of nitrogens with one attached hydrogen (secondary N) is 1. The van der Waals surface area contributed by atoms with E-state index >= 15 is 0 Å². The highest BCUT2D eigenvalue weighted by atomic mass is 79.9. The first-order valence-electron chi connectivity index (χ1n) is 12.5. The summed E-state index contributed by atoms with van der Waals surface area (Å²) >= 11 is 3.57. The number of aromatic amines is 1. The van der Waals surface area contributed by atoms with Crippen LogP contribution in [0.1, 0.15) is 36.9 Å². The summed E-state index contributed by atoms with van der Waals surface area (Å²) in [5.41, 5.74) is 3.82. The highest BCUT2D eigenvalue weighted by Gasteiger charge is 2.36. The molecule has 4 aromatic rings. The van der Waals surface area contributed by atoms with Crippen LogP contribution in [0.4, 0.5) is 0 Å². The average Bonchev–Trinajstić information content (AvgIpc) is 3.41. The fourth-order valence-corrected chi connectivity index (χ4v) is 5.41. The number of rotatable bonds is 7. The van der Waals surface area contributed by atoms with Crippen molar-refractivity contribution >= 4 is 38.5 Å². The third kappa shape index (κ3) is 4.78. The number of ether oxygens (including phenoxy) is 3. The smallest absolute Gasteiger partial charge is 0.258 e. The molecule has 1 aliphatic rings. The van der Waals surface area contributed by atoms with Crippen molar-refractivity contribution in [1.29, 1.82) is 0 Å². The second kappa shape index (κ2) is 10.9. The van der Waals surface area contributed by atoms with Gasteiger partial charge < -0.3 is 19.2 Å². The second-order valence-corrected chi connectivity index (χ2v) is 9.99. The molecule has 0 saturated carbocycles. The number of amides is 1. The summed E-state index contributed by atoms with van der Waals surface area (Å²) < 4.78 is 17.5. The van der Waals surface area contributed by atoms with Gasteiger partial charge in [0.1, 0.15) is 0 Å². The van der Waals surface area contributed by atoms with Crippen molar-refractivity contribution in [2.45, 2.75) is 25.8 Å². The summed E-state index contributed by atoms with van der Waals surface area (Å²) in [4.78, 5) is 29.8. The lowest BCUT2D eigenvalue weighted by atomic mass is 9.91. The van der Waals surface area contributed by atoms with Gasteiger partial charge >= 0.3 is 0 Å². The minimum Gasteiger partial charge on any atom is -0.493 e. The molecule has 3 aromatic carbocycles. The molecule has 1 N–H and O–H groups in total. The molecular weight excluding hydrogens is 562 g/mol. The SMILES string of the molecule is CCC(=O)N1N=C(c2c(-c3ccccc3)c3cc(Br)ccc3[nH]c2=O)CC1c1cc(OC)c(OC)c(OC)c1. The van der Waals surface area contributed by atoms with Crippen LogP contribution in [0, 0.1) is 0 Å². The van der Waals surface area contributed by atoms with Crippen LogP contribution in [-0.4, -0.2) is 42.9 Å². The molecular formula is C30H28BrN3O5. The molecule has 200 valence electrons. The molecule has 1 aromatic heterocycles. The van der Waals surface area contributed by atoms with E-state index in [0.29, 0.717) is 40.5 Å². The molecule has 0 radical (unpaired) electrons. The van der Waals surface area contributed by atoms with Gasteiger partial charge in [0.05, 0.1) is 38.6 Å². The Hall–Kier alpha value is -4.11. The minimum atomic E-state index is -0.470. The molecule has 0 bridgehead atoms. The summed E-state index contributed by atoms with van der Waals surface area (Å²) in [5, 5.41) is 7.11. The van der Waals surface area contributed by atoms with E-state index in [4.69, 9.17) is 19.3 Å². The molecule has 0 saturated heterocycles. The van der Waals surface area contributed by atoms with E-state index in [0.717, 1.165) is 26.5 Å². The van der Waals surface area contributed by atoms with Crippen LogP contribution in [0.5, 0.6) is 17.2 Å². The Balaban J connectivity index is 1.72. The molecule has 2 heterocycles. The highest BCUT2D eigenvalue weighted by Crippen LogP contribution is 2.44.